The Hall–Kier alpha value is -1.87. The maximum Gasteiger partial charge on any atom is 0.165 e. The number of ether oxygens (including phenoxy) is 1. The minimum absolute atomic E-state index is 0.253. The lowest BCUT2D eigenvalue weighted by molar-refractivity contribution is 0.435. The normalized spacial score (nSPS) is 11.0. The molecule has 0 atom stereocenters. The summed E-state index contributed by atoms with van der Waals surface area (Å²) in [5.74, 6) is 0.941. The molecule has 2 nitrogen and oxygen atoms in total. The van der Waals surface area contributed by atoms with Gasteiger partial charge < -0.3 is 10.5 Å². The molecule has 2 N–H and O–H groups in total. The molecule has 2 aromatic rings. The zero-order valence-corrected chi connectivity index (χ0v) is 12.8. The lowest BCUT2D eigenvalue weighted by Crippen LogP contribution is -2.03. The molecular formula is C18H22FNO. The van der Waals surface area contributed by atoms with Gasteiger partial charge in [-0.25, -0.2) is 4.39 Å². The number of hydrogen-bond donors (Lipinski definition) is 1. The smallest absolute Gasteiger partial charge is 0.165 e. The fourth-order valence-electron chi connectivity index (χ4n) is 2.27. The first-order valence-corrected chi connectivity index (χ1v) is 7.28. The van der Waals surface area contributed by atoms with E-state index in [0.29, 0.717) is 18.9 Å². The maximum atomic E-state index is 14.1. The molecule has 0 fully saturated rings. The second-order valence-electron chi connectivity index (χ2n) is 5.60. The molecule has 0 heterocycles. The van der Waals surface area contributed by atoms with Crippen molar-refractivity contribution in [2.75, 3.05) is 6.54 Å². The van der Waals surface area contributed by atoms with Crippen molar-refractivity contribution in [3.63, 3.8) is 0 Å². The van der Waals surface area contributed by atoms with Crippen LogP contribution in [0.2, 0.25) is 0 Å². The van der Waals surface area contributed by atoms with Gasteiger partial charge in [0.05, 0.1) is 0 Å². The van der Waals surface area contributed by atoms with Gasteiger partial charge in [0.25, 0.3) is 0 Å². The molecule has 0 saturated carbocycles. The van der Waals surface area contributed by atoms with Crippen LogP contribution in [0.4, 0.5) is 4.39 Å². The van der Waals surface area contributed by atoms with E-state index < -0.39 is 0 Å². The standard InChI is InChI=1S/C18H22FNO/c1-12(2)15-6-4-13(3)10-18(15)21-17-7-5-14(8-9-20)11-16(17)19/h4-7,10-12H,8-9,20H2,1-3H3. The van der Waals surface area contributed by atoms with Crippen molar-refractivity contribution < 1.29 is 9.13 Å². The lowest BCUT2D eigenvalue weighted by atomic mass is 10.0. The Morgan fingerprint density at radius 3 is 2.48 bits per heavy atom. The van der Waals surface area contributed by atoms with Crippen molar-refractivity contribution in [1.29, 1.82) is 0 Å². The second-order valence-corrected chi connectivity index (χ2v) is 5.60. The van der Waals surface area contributed by atoms with Gasteiger partial charge in [0.1, 0.15) is 5.75 Å². The van der Waals surface area contributed by atoms with Crippen LogP contribution in [0.3, 0.4) is 0 Å². The Morgan fingerprint density at radius 2 is 1.86 bits per heavy atom. The minimum Gasteiger partial charge on any atom is -0.454 e. The van der Waals surface area contributed by atoms with Crippen molar-refractivity contribution >= 4 is 0 Å². The van der Waals surface area contributed by atoms with Crippen LogP contribution in [-0.4, -0.2) is 6.54 Å². The second kappa shape index (κ2) is 6.72. The van der Waals surface area contributed by atoms with Crippen LogP contribution < -0.4 is 10.5 Å². The highest BCUT2D eigenvalue weighted by atomic mass is 19.1. The molecule has 0 unspecified atom stereocenters. The van der Waals surface area contributed by atoms with E-state index in [4.69, 9.17) is 10.5 Å². The van der Waals surface area contributed by atoms with Crippen molar-refractivity contribution in [2.24, 2.45) is 5.73 Å². The molecule has 0 aliphatic carbocycles. The summed E-state index contributed by atoms with van der Waals surface area (Å²) in [5.41, 5.74) is 8.54. The highest BCUT2D eigenvalue weighted by Crippen LogP contribution is 2.32. The van der Waals surface area contributed by atoms with Crippen LogP contribution in [-0.2, 0) is 6.42 Å². The van der Waals surface area contributed by atoms with Gasteiger partial charge in [0.2, 0.25) is 0 Å². The van der Waals surface area contributed by atoms with E-state index in [2.05, 4.69) is 13.8 Å². The molecule has 0 aromatic heterocycles. The summed E-state index contributed by atoms with van der Waals surface area (Å²) in [6.07, 6.45) is 0.666. The van der Waals surface area contributed by atoms with E-state index in [1.165, 1.54) is 6.07 Å². The molecule has 0 amide bonds. The van der Waals surface area contributed by atoms with Crippen molar-refractivity contribution in [3.05, 3.63) is 58.9 Å². The van der Waals surface area contributed by atoms with Gasteiger partial charge in [0.15, 0.2) is 11.6 Å². The molecule has 2 aromatic carbocycles. The quantitative estimate of drug-likeness (QED) is 0.875. The Labute approximate surface area is 125 Å². The van der Waals surface area contributed by atoms with E-state index in [1.807, 2.05) is 31.2 Å². The monoisotopic (exact) mass is 287 g/mol. The summed E-state index contributed by atoms with van der Waals surface area (Å²) >= 11 is 0. The molecule has 3 heteroatoms. The topological polar surface area (TPSA) is 35.2 Å². The Balaban J connectivity index is 2.31. The zero-order chi connectivity index (χ0) is 15.4. The Bertz CT molecular complexity index is 623. The number of nitrogens with two attached hydrogens (primary N) is 1. The van der Waals surface area contributed by atoms with E-state index in [9.17, 15) is 4.39 Å². The fourth-order valence-corrected chi connectivity index (χ4v) is 2.27. The van der Waals surface area contributed by atoms with Gasteiger partial charge in [-0.3, -0.25) is 0 Å². The third kappa shape index (κ3) is 3.82. The highest BCUT2D eigenvalue weighted by Gasteiger charge is 2.12. The molecule has 0 bridgehead atoms. The molecule has 0 aliphatic heterocycles. The van der Waals surface area contributed by atoms with E-state index in [0.717, 1.165) is 22.4 Å². The molecular weight excluding hydrogens is 265 g/mol. The molecule has 0 radical (unpaired) electrons. The van der Waals surface area contributed by atoms with Crippen molar-refractivity contribution in [3.8, 4) is 11.5 Å². The zero-order valence-electron chi connectivity index (χ0n) is 12.8. The van der Waals surface area contributed by atoms with Crippen LogP contribution in [0.1, 0.15) is 36.5 Å². The summed E-state index contributed by atoms with van der Waals surface area (Å²) in [6.45, 7) is 6.70. The average Bonchev–Trinajstić information content (AvgIpc) is 2.42. The number of halogens is 1. The molecule has 0 spiro atoms. The van der Waals surface area contributed by atoms with Crippen molar-refractivity contribution in [2.45, 2.75) is 33.1 Å². The highest BCUT2D eigenvalue weighted by molar-refractivity contribution is 5.43. The third-order valence-electron chi connectivity index (χ3n) is 3.44. The summed E-state index contributed by atoms with van der Waals surface area (Å²) in [4.78, 5) is 0. The molecule has 21 heavy (non-hydrogen) atoms. The van der Waals surface area contributed by atoms with Gasteiger partial charge in [-0.2, -0.15) is 0 Å². The largest absolute Gasteiger partial charge is 0.454 e. The number of rotatable bonds is 5. The SMILES string of the molecule is Cc1ccc(C(C)C)c(Oc2ccc(CCN)cc2F)c1. The van der Waals surface area contributed by atoms with E-state index >= 15 is 0 Å². The van der Waals surface area contributed by atoms with Crippen LogP contribution in [0.15, 0.2) is 36.4 Å². The van der Waals surface area contributed by atoms with Gasteiger partial charge in [-0.05, 0) is 60.7 Å². The summed E-state index contributed by atoms with van der Waals surface area (Å²) < 4.78 is 19.9. The average molecular weight is 287 g/mol. The molecule has 112 valence electrons. The maximum absolute atomic E-state index is 14.1. The predicted octanol–water partition coefficient (Wildman–Crippen LogP) is 4.55. The Morgan fingerprint density at radius 1 is 1.10 bits per heavy atom. The number of aryl methyl sites for hydroxylation is 1. The third-order valence-corrected chi connectivity index (χ3v) is 3.44. The number of benzene rings is 2. The van der Waals surface area contributed by atoms with Gasteiger partial charge in [-0.15, -0.1) is 0 Å². The lowest BCUT2D eigenvalue weighted by Gasteiger charge is -2.15. The first-order chi connectivity index (χ1) is 10.0. The molecule has 0 saturated heterocycles. The first kappa shape index (κ1) is 15.5. The summed E-state index contributed by atoms with van der Waals surface area (Å²) in [5, 5.41) is 0. The van der Waals surface area contributed by atoms with E-state index in [-0.39, 0.29) is 11.6 Å². The van der Waals surface area contributed by atoms with Crippen LogP contribution in [0, 0.1) is 12.7 Å². The molecule has 0 aliphatic rings. The van der Waals surface area contributed by atoms with Crippen molar-refractivity contribution in [1.82, 2.24) is 0 Å². The van der Waals surface area contributed by atoms with Crippen LogP contribution in [0.25, 0.3) is 0 Å². The fraction of sp³-hybridized carbons (Fsp3) is 0.333. The summed E-state index contributed by atoms with van der Waals surface area (Å²) in [6, 6.07) is 11.1. The van der Waals surface area contributed by atoms with E-state index in [1.54, 1.807) is 6.07 Å². The van der Waals surface area contributed by atoms with Crippen LogP contribution in [0.5, 0.6) is 11.5 Å². The summed E-state index contributed by atoms with van der Waals surface area (Å²) in [7, 11) is 0. The van der Waals surface area contributed by atoms with Gasteiger partial charge in [-0.1, -0.05) is 32.0 Å². The number of hydrogen-bond acceptors (Lipinski definition) is 2. The molecule has 2 rings (SSSR count). The van der Waals surface area contributed by atoms with Crippen LogP contribution >= 0.6 is 0 Å². The Kier molecular flexibility index (Phi) is 4.97. The van der Waals surface area contributed by atoms with Gasteiger partial charge in [0, 0.05) is 0 Å². The first-order valence-electron chi connectivity index (χ1n) is 7.28. The van der Waals surface area contributed by atoms with Gasteiger partial charge >= 0.3 is 0 Å². The predicted molar refractivity (Wildman–Crippen MR) is 84.5 cm³/mol. The minimum atomic E-state index is -0.350.